The first kappa shape index (κ1) is 9.77. The van der Waals surface area contributed by atoms with Crippen LogP contribution in [0.2, 0.25) is 0 Å². The minimum atomic E-state index is -0.387. The molecule has 0 radical (unpaired) electrons. The zero-order valence-electron chi connectivity index (χ0n) is 7.05. The van der Waals surface area contributed by atoms with Crippen LogP contribution in [0.25, 0.3) is 0 Å². The average Bonchev–Trinajstić information content (AvgIpc) is 1.87. The Hall–Kier alpha value is -1.23. The van der Waals surface area contributed by atoms with Crippen LogP contribution in [0.15, 0.2) is 12.2 Å². The van der Waals surface area contributed by atoms with Crippen LogP contribution in [0.4, 0.5) is 0 Å². The second kappa shape index (κ2) is 5.55. The van der Waals surface area contributed by atoms with Crippen molar-refractivity contribution in [3.63, 3.8) is 0 Å². The molecule has 60 valence electrons. The molecule has 2 heteroatoms. The number of hydrogen-bond donors (Lipinski definition) is 0. The molecule has 2 nitrogen and oxygen atoms in total. The number of rotatable bonds is 2. The van der Waals surface area contributed by atoms with Gasteiger partial charge in [-0.05, 0) is 19.9 Å². The van der Waals surface area contributed by atoms with Crippen LogP contribution in [0, 0.1) is 11.8 Å². The Kier molecular flexibility index (Phi) is 4.93. The van der Waals surface area contributed by atoms with Crippen molar-refractivity contribution in [1.82, 2.24) is 0 Å². The first-order chi connectivity index (χ1) is 5.20. The van der Waals surface area contributed by atoms with Crippen molar-refractivity contribution >= 4 is 5.97 Å². The Morgan fingerprint density at radius 1 is 1.64 bits per heavy atom. The van der Waals surface area contributed by atoms with Crippen molar-refractivity contribution in [1.29, 1.82) is 0 Å². The van der Waals surface area contributed by atoms with Crippen LogP contribution in [0.3, 0.4) is 0 Å². The van der Waals surface area contributed by atoms with E-state index in [2.05, 4.69) is 11.8 Å². The average molecular weight is 152 g/mol. The predicted molar refractivity (Wildman–Crippen MR) is 43.8 cm³/mol. The van der Waals surface area contributed by atoms with Crippen molar-refractivity contribution in [2.75, 3.05) is 0 Å². The Morgan fingerprint density at radius 2 is 2.27 bits per heavy atom. The summed E-state index contributed by atoms with van der Waals surface area (Å²) in [6, 6.07) is 0. The topological polar surface area (TPSA) is 26.3 Å². The lowest BCUT2D eigenvalue weighted by atomic mass is 10.3. The zero-order valence-corrected chi connectivity index (χ0v) is 7.05. The highest BCUT2D eigenvalue weighted by Gasteiger charge is 2.01. The van der Waals surface area contributed by atoms with E-state index in [1.54, 1.807) is 19.1 Å². The number of carbonyl (C=O) groups excluding carboxylic acids is 1. The molecule has 0 spiro atoms. The Balaban J connectivity index is 4.07. The second-order valence-corrected chi connectivity index (χ2v) is 1.95. The first-order valence-corrected chi connectivity index (χ1v) is 3.43. The molecule has 0 bridgehead atoms. The number of carbonyl (C=O) groups is 1. The van der Waals surface area contributed by atoms with Crippen LogP contribution >= 0.6 is 0 Å². The molecule has 0 aliphatic carbocycles. The molecule has 0 aromatic rings. The monoisotopic (exact) mass is 152 g/mol. The van der Waals surface area contributed by atoms with E-state index >= 15 is 0 Å². The van der Waals surface area contributed by atoms with Gasteiger partial charge in [-0.1, -0.05) is 12.0 Å². The molecule has 0 saturated carbocycles. The molecule has 0 fully saturated rings. The summed E-state index contributed by atoms with van der Waals surface area (Å²) in [5.41, 5.74) is 0. The summed E-state index contributed by atoms with van der Waals surface area (Å²) in [6.45, 7) is 4.93. The third-order valence-electron chi connectivity index (χ3n) is 0.947. The van der Waals surface area contributed by atoms with Gasteiger partial charge in [0.05, 0.1) is 0 Å². The maximum Gasteiger partial charge on any atom is 0.304 e. The lowest BCUT2D eigenvalue weighted by Gasteiger charge is -2.04. The van der Waals surface area contributed by atoms with E-state index in [1.807, 2.05) is 6.92 Å². The zero-order chi connectivity index (χ0) is 8.69. The quantitative estimate of drug-likeness (QED) is 0.340. The second-order valence-electron chi connectivity index (χ2n) is 1.95. The van der Waals surface area contributed by atoms with Crippen LogP contribution in [-0.4, -0.2) is 12.1 Å². The molecule has 0 N–H and O–H groups in total. The molecule has 0 aromatic carbocycles. The smallest absolute Gasteiger partial charge is 0.304 e. The maximum atomic E-state index is 10.5. The van der Waals surface area contributed by atoms with Crippen LogP contribution in [0.5, 0.6) is 0 Å². The van der Waals surface area contributed by atoms with Gasteiger partial charge in [0.1, 0.15) is 0 Å². The Bertz CT molecular complexity index is 205. The van der Waals surface area contributed by atoms with Crippen LogP contribution in [-0.2, 0) is 9.53 Å². The molecular weight excluding hydrogens is 140 g/mol. The van der Waals surface area contributed by atoms with Crippen molar-refractivity contribution in [2.45, 2.75) is 26.9 Å². The highest BCUT2D eigenvalue weighted by molar-refractivity contribution is 5.66. The van der Waals surface area contributed by atoms with Gasteiger partial charge < -0.3 is 4.74 Å². The van der Waals surface area contributed by atoms with Gasteiger partial charge in [0.2, 0.25) is 0 Å². The van der Waals surface area contributed by atoms with Crippen LogP contribution in [0.1, 0.15) is 20.8 Å². The summed E-state index contributed by atoms with van der Waals surface area (Å²) in [4.78, 5) is 10.5. The van der Waals surface area contributed by atoms with E-state index in [0.29, 0.717) is 0 Å². The Labute approximate surface area is 67.2 Å². The molecular formula is C9H12O2. The molecule has 1 atom stereocenters. The van der Waals surface area contributed by atoms with Gasteiger partial charge in [-0.15, -0.1) is 5.92 Å². The third kappa shape index (κ3) is 5.23. The minimum Gasteiger partial charge on any atom is -0.445 e. The van der Waals surface area contributed by atoms with E-state index in [9.17, 15) is 4.79 Å². The highest BCUT2D eigenvalue weighted by Crippen LogP contribution is 1.93. The number of hydrogen-bond acceptors (Lipinski definition) is 2. The van der Waals surface area contributed by atoms with Gasteiger partial charge in [0.15, 0.2) is 6.10 Å². The minimum absolute atomic E-state index is 0.309. The lowest BCUT2D eigenvalue weighted by molar-refractivity contribution is -0.142. The molecule has 0 heterocycles. The molecule has 11 heavy (non-hydrogen) atoms. The predicted octanol–water partition coefficient (Wildman–Crippen LogP) is 1.52. The van der Waals surface area contributed by atoms with Gasteiger partial charge >= 0.3 is 5.97 Å². The van der Waals surface area contributed by atoms with Gasteiger partial charge in [-0.3, -0.25) is 4.79 Å². The largest absolute Gasteiger partial charge is 0.445 e. The maximum absolute atomic E-state index is 10.5. The van der Waals surface area contributed by atoms with Crippen LogP contribution < -0.4 is 0 Å². The van der Waals surface area contributed by atoms with E-state index in [0.717, 1.165) is 0 Å². The molecule has 1 unspecified atom stereocenters. The Morgan fingerprint density at radius 3 is 2.64 bits per heavy atom. The molecule has 0 rings (SSSR count). The third-order valence-corrected chi connectivity index (χ3v) is 0.947. The normalized spacial score (nSPS) is 11.9. The molecule has 0 aliphatic heterocycles. The van der Waals surface area contributed by atoms with Gasteiger partial charge in [0, 0.05) is 6.92 Å². The molecule has 0 aromatic heterocycles. The highest BCUT2D eigenvalue weighted by atomic mass is 16.5. The summed E-state index contributed by atoms with van der Waals surface area (Å²) in [7, 11) is 0. The van der Waals surface area contributed by atoms with Gasteiger partial charge in [0.25, 0.3) is 0 Å². The van der Waals surface area contributed by atoms with Gasteiger partial charge in [-0.25, -0.2) is 0 Å². The summed E-state index contributed by atoms with van der Waals surface area (Å²) < 4.78 is 4.83. The summed E-state index contributed by atoms with van der Waals surface area (Å²) >= 11 is 0. The van der Waals surface area contributed by atoms with E-state index in [-0.39, 0.29) is 12.1 Å². The first-order valence-electron chi connectivity index (χ1n) is 3.43. The molecule has 0 aliphatic rings. The van der Waals surface area contributed by atoms with Gasteiger partial charge in [-0.2, -0.15) is 0 Å². The van der Waals surface area contributed by atoms with Crippen molar-refractivity contribution < 1.29 is 9.53 Å². The van der Waals surface area contributed by atoms with Crippen molar-refractivity contribution in [3.05, 3.63) is 12.2 Å². The lowest BCUT2D eigenvalue weighted by Crippen LogP contribution is -2.10. The summed E-state index contributed by atoms with van der Waals surface area (Å²) in [6.07, 6.45) is 3.15. The number of esters is 1. The standard InChI is InChI=1S/C9H12O2/c1-4-6-9(7-5-2)11-8(3)10/h4,6,9H,1-3H3/b6-4+. The molecule has 0 saturated heterocycles. The fourth-order valence-corrected chi connectivity index (χ4v) is 0.613. The van der Waals surface area contributed by atoms with Crippen molar-refractivity contribution in [2.24, 2.45) is 0 Å². The fraction of sp³-hybridized carbons (Fsp3) is 0.444. The SMILES string of the molecule is CC#CC(/C=C/C)OC(C)=O. The molecule has 0 amide bonds. The van der Waals surface area contributed by atoms with E-state index < -0.39 is 0 Å². The fourth-order valence-electron chi connectivity index (χ4n) is 0.613. The van der Waals surface area contributed by atoms with E-state index in [1.165, 1.54) is 6.92 Å². The summed E-state index contributed by atoms with van der Waals surface area (Å²) in [5, 5.41) is 0. The summed E-state index contributed by atoms with van der Waals surface area (Å²) in [5.74, 6) is 5.11. The number of allylic oxidation sites excluding steroid dienone is 1. The van der Waals surface area contributed by atoms with Crippen molar-refractivity contribution in [3.8, 4) is 11.8 Å². The van der Waals surface area contributed by atoms with E-state index in [4.69, 9.17) is 4.74 Å². The number of ether oxygens (including phenoxy) is 1.